The highest BCUT2D eigenvalue weighted by Gasteiger charge is 1.99. The second-order valence-electron chi connectivity index (χ2n) is 5.81. The van der Waals surface area contributed by atoms with Crippen LogP contribution in [0.15, 0.2) is 66.8 Å². The molecule has 0 saturated heterocycles. The molecule has 0 bridgehead atoms. The van der Waals surface area contributed by atoms with Crippen LogP contribution in [0.25, 0.3) is 6.08 Å². The lowest BCUT2D eigenvalue weighted by Gasteiger charge is -2.06. The number of hydrogen-bond acceptors (Lipinski definition) is 3. The van der Waals surface area contributed by atoms with Crippen molar-refractivity contribution in [2.45, 2.75) is 26.4 Å². The van der Waals surface area contributed by atoms with Crippen LogP contribution >= 0.6 is 0 Å². The highest BCUT2D eigenvalue weighted by atomic mass is 19.1. The lowest BCUT2D eigenvalue weighted by atomic mass is 10.2. The Labute approximate surface area is 163 Å². The molecule has 0 aliphatic rings. The molecular formula is C22H23FO5. The predicted molar refractivity (Wildman–Crippen MR) is 106 cm³/mol. The molecule has 0 aliphatic carbocycles. The summed E-state index contributed by atoms with van der Waals surface area (Å²) in [5.74, 6) is -1.47. The number of ether oxygens (including phenoxy) is 1. The first kappa shape index (κ1) is 22.6. The number of rotatable bonds is 8. The van der Waals surface area contributed by atoms with Crippen LogP contribution in [-0.2, 0) is 16.2 Å². The highest BCUT2D eigenvalue weighted by molar-refractivity contribution is 5.85. The molecule has 0 spiro atoms. The third-order valence-electron chi connectivity index (χ3n) is 3.47. The lowest BCUT2D eigenvalue weighted by molar-refractivity contribution is -0.133. The van der Waals surface area contributed by atoms with Crippen LogP contribution < -0.4 is 4.74 Å². The van der Waals surface area contributed by atoms with Crippen molar-refractivity contribution in [1.82, 2.24) is 0 Å². The monoisotopic (exact) mass is 386 g/mol. The molecule has 148 valence electrons. The zero-order valence-electron chi connectivity index (χ0n) is 15.6. The fourth-order valence-electron chi connectivity index (χ4n) is 2.00. The molecule has 0 aromatic heterocycles. The summed E-state index contributed by atoms with van der Waals surface area (Å²) in [6.07, 6.45) is 4.03. The van der Waals surface area contributed by atoms with Crippen LogP contribution in [-0.4, -0.2) is 22.2 Å². The first-order chi connectivity index (χ1) is 13.3. The van der Waals surface area contributed by atoms with Crippen molar-refractivity contribution in [1.29, 1.82) is 0 Å². The molecule has 0 radical (unpaired) electrons. The maximum atomic E-state index is 12.7. The summed E-state index contributed by atoms with van der Waals surface area (Å²) < 4.78 is 18.3. The summed E-state index contributed by atoms with van der Waals surface area (Å²) in [6.45, 7) is 5.62. The van der Waals surface area contributed by atoms with E-state index in [4.69, 9.17) is 14.9 Å². The largest absolute Gasteiger partial charge is 0.489 e. The van der Waals surface area contributed by atoms with Gasteiger partial charge in [0, 0.05) is 11.6 Å². The Balaban J connectivity index is 0.000000416. The van der Waals surface area contributed by atoms with E-state index in [0.717, 1.165) is 23.6 Å². The molecule has 0 amide bonds. The van der Waals surface area contributed by atoms with Crippen molar-refractivity contribution in [2.75, 3.05) is 0 Å². The van der Waals surface area contributed by atoms with Gasteiger partial charge in [0.25, 0.3) is 0 Å². The molecule has 2 N–H and O–H groups in total. The normalized spacial score (nSPS) is 10.1. The van der Waals surface area contributed by atoms with Crippen molar-refractivity contribution in [3.63, 3.8) is 0 Å². The van der Waals surface area contributed by atoms with Gasteiger partial charge in [0.15, 0.2) is 0 Å². The second-order valence-corrected chi connectivity index (χ2v) is 5.81. The lowest BCUT2D eigenvalue weighted by Crippen LogP contribution is -1.97. The van der Waals surface area contributed by atoms with Gasteiger partial charge in [0.05, 0.1) is 0 Å². The second kappa shape index (κ2) is 12.1. The van der Waals surface area contributed by atoms with Crippen molar-refractivity contribution < 1.29 is 28.9 Å². The summed E-state index contributed by atoms with van der Waals surface area (Å²) in [6, 6.07) is 13.1. The summed E-state index contributed by atoms with van der Waals surface area (Å²) in [5, 5.41) is 16.7. The fraction of sp³-hybridized carbons (Fsp3) is 0.182. The maximum absolute atomic E-state index is 12.7. The number of halogens is 1. The molecule has 0 aliphatic heterocycles. The number of carboxylic acid groups (broad SMARTS) is 2. The van der Waals surface area contributed by atoms with Crippen LogP contribution in [0, 0.1) is 5.82 Å². The van der Waals surface area contributed by atoms with Gasteiger partial charge >= 0.3 is 11.9 Å². The molecule has 0 unspecified atom stereocenters. The molecular weight excluding hydrogens is 363 g/mol. The van der Waals surface area contributed by atoms with E-state index >= 15 is 0 Å². The van der Waals surface area contributed by atoms with Crippen LogP contribution in [0.3, 0.4) is 0 Å². The van der Waals surface area contributed by atoms with Crippen molar-refractivity contribution in [2.24, 2.45) is 0 Å². The van der Waals surface area contributed by atoms with E-state index in [-0.39, 0.29) is 5.82 Å². The average Bonchev–Trinajstić information content (AvgIpc) is 2.67. The molecule has 0 atom stereocenters. The number of aliphatic carboxylic acids is 2. The Bertz CT molecular complexity index is 808. The highest BCUT2D eigenvalue weighted by Crippen LogP contribution is 2.15. The minimum atomic E-state index is -0.985. The minimum absolute atomic E-state index is 0.275. The van der Waals surface area contributed by atoms with Crippen LogP contribution in [0.5, 0.6) is 5.75 Å². The topological polar surface area (TPSA) is 83.8 Å². The number of hydrogen-bond donors (Lipinski definition) is 2. The van der Waals surface area contributed by atoms with E-state index in [1.807, 2.05) is 6.92 Å². The van der Waals surface area contributed by atoms with Crippen LogP contribution in [0.2, 0.25) is 0 Å². The van der Waals surface area contributed by atoms with Gasteiger partial charge in [-0.2, -0.15) is 0 Å². The van der Waals surface area contributed by atoms with Crippen LogP contribution in [0.4, 0.5) is 4.39 Å². The standard InChI is InChI=1S/C16H13FO3.C6H10O2/c17-14-6-1-13(2-7-14)11-20-15-8-3-12(4-9-15)5-10-16(18)19;1-3-4-5(2)6(7)8/h1-10H,11H2,(H,18,19);2-4H2,1H3,(H,7,8). The Hall–Kier alpha value is -3.41. The van der Waals surface area contributed by atoms with E-state index in [2.05, 4.69) is 6.58 Å². The third-order valence-corrected chi connectivity index (χ3v) is 3.47. The number of benzene rings is 2. The van der Waals surface area contributed by atoms with Gasteiger partial charge in [-0.15, -0.1) is 0 Å². The van der Waals surface area contributed by atoms with Gasteiger partial charge in [-0.25, -0.2) is 14.0 Å². The van der Waals surface area contributed by atoms with E-state index in [1.165, 1.54) is 18.2 Å². The molecule has 28 heavy (non-hydrogen) atoms. The van der Waals surface area contributed by atoms with Crippen molar-refractivity contribution in [3.05, 3.63) is 83.7 Å². The summed E-state index contributed by atoms with van der Waals surface area (Å²) in [5.41, 5.74) is 1.95. The molecule has 0 saturated carbocycles. The fourth-order valence-corrected chi connectivity index (χ4v) is 2.00. The smallest absolute Gasteiger partial charge is 0.330 e. The van der Waals surface area contributed by atoms with Crippen LogP contribution in [0.1, 0.15) is 30.9 Å². The van der Waals surface area contributed by atoms with Gasteiger partial charge in [0.1, 0.15) is 18.2 Å². The van der Waals surface area contributed by atoms with E-state index in [0.29, 0.717) is 24.4 Å². The molecule has 2 aromatic rings. The molecule has 5 nitrogen and oxygen atoms in total. The number of carbonyl (C=O) groups is 2. The van der Waals surface area contributed by atoms with Crippen molar-refractivity contribution >= 4 is 18.0 Å². The summed E-state index contributed by atoms with van der Waals surface area (Å²) in [7, 11) is 0. The van der Waals surface area contributed by atoms with E-state index in [9.17, 15) is 14.0 Å². The number of carboxylic acids is 2. The first-order valence-electron chi connectivity index (χ1n) is 8.61. The Morgan fingerprint density at radius 1 is 1.07 bits per heavy atom. The van der Waals surface area contributed by atoms with E-state index in [1.54, 1.807) is 36.4 Å². The Morgan fingerprint density at radius 2 is 1.68 bits per heavy atom. The Morgan fingerprint density at radius 3 is 2.14 bits per heavy atom. The molecule has 0 heterocycles. The maximum Gasteiger partial charge on any atom is 0.330 e. The SMILES string of the molecule is C=C(CCC)C(=O)O.O=C(O)C=Cc1ccc(OCc2ccc(F)cc2)cc1. The third kappa shape index (κ3) is 9.33. The zero-order valence-corrected chi connectivity index (χ0v) is 15.6. The van der Waals surface area contributed by atoms with Gasteiger partial charge < -0.3 is 14.9 Å². The van der Waals surface area contributed by atoms with Gasteiger partial charge in [-0.05, 0) is 47.9 Å². The quantitative estimate of drug-likeness (QED) is 0.629. The van der Waals surface area contributed by atoms with Gasteiger partial charge in [0.2, 0.25) is 0 Å². The molecule has 2 rings (SSSR count). The molecule has 6 heteroatoms. The molecule has 2 aromatic carbocycles. The van der Waals surface area contributed by atoms with Crippen molar-refractivity contribution in [3.8, 4) is 5.75 Å². The summed E-state index contributed by atoms with van der Waals surface area (Å²) >= 11 is 0. The van der Waals surface area contributed by atoms with E-state index < -0.39 is 11.9 Å². The predicted octanol–water partition coefficient (Wildman–Crippen LogP) is 4.93. The average molecular weight is 386 g/mol. The van der Waals surface area contributed by atoms with Gasteiger partial charge in [-0.1, -0.05) is 44.2 Å². The Kier molecular flexibility index (Phi) is 9.75. The molecule has 0 fully saturated rings. The first-order valence-corrected chi connectivity index (χ1v) is 8.61. The minimum Gasteiger partial charge on any atom is -0.489 e. The summed E-state index contributed by atoms with van der Waals surface area (Å²) in [4.78, 5) is 20.4. The van der Waals surface area contributed by atoms with Gasteiger partial charge in [-0.3, -0.25) is 0 Å². The zero-order chi connectivity index (χ0) is 20.9.